The van der Waals surface area contributed by atoms with Crippen LogP contribution in [0.25, 0.3) is 5.57 Å². The molecule has 0 fully saturated rings. The summed E-state index contributed by atoms with van der Waals surface area (Å²) in [7, 11) is 0. The molecule has 0 saturated heterocycles. The van der Waals surface area contributed by atoms with Gasteiger partial charge in [0, 0.05) is 22.7 Å². The second kappa shape index (κ2) is 4.66. The van der Waals surface area contributed by atoms with Crippen LogP contribution in [-0.4, -0.2) is 6.61 Å². The molecule has 0 radical (unpaired) electrons. The molecule has 0 amide bonds. The van der Waals surface area contributed by atoms with Crippen molar-refractivity contribution in [3.05, 3.63) is 71.0 Å². The summed E-state index contributed by atoms with van der Waals surface area (Å²) in [6.45, 7) is 5.02. The first kappa shape index (κ1) is 12.5. The van der Waals surface area contributed by atoms with E-state index < -0.39 is 0 Å². The zero-order valence-corrected chi connectivity index (χ0v) is 12.4. The number of hydrogen-bond donors (Lipinski definition) is 1. The number of ether oxygens (including phenoxy) is 1. The van der Waals surface area contributed by atoms with Crippen molar-refractivity contribution in [2.75, 3.05) is 11.9 Å². The van der Waals surface area contributed by atoms with Crippen molar-refractivity contribution in [1.82, 2.24) is 0 Å². The van der Waals surface area contributed by atoms with Gasteiger partial charge in [-0.2, -0.15) is 0 Å². The summed E-state index contributed by atoms with van der Waals surface area (Å²) in [5, 5.41) is 3.71. The monoisotopic (exact) mass is 277 g/mol. The molecule has 2 aromatic rings. The minimum atomic E-state index is 0.287. The molecule has 1 N–H and O–H groups in total. The van der Waals surface area contributed by atoms with Gasteiger partial charge in [0.05, 0.1) is 18.9 Å². The van der Waals surface area contributed by atoms with Gasteiger partial charge in [0.15, 0.2) is 0 Å². The Morgan fingerprint density at radius 2 is 1.76 bits per heavy atom. The average molecular weight is 277 g/mol. The Morgan fingerprint density at radius 1 is 1.00 bits per heavy atom. The van der Waals surface area contributed by atoms with E-state index in [-0.39, 0.29) is 6.04 Å². The van der Waals surface area contributed by atoms with E-state index in [2.05, 4.69) is 61.6 Å². The second-order valence-electron chi connectivity index (χ2n) is 6.09. The minimum absolute atomic E-state index is 0.287. The van der Waals surface area contributed by atoms with E-state index in [1.807, 2.05) is 6.26 Å². The summed E-state index contributed by atoms with van der Waals surface area (Å²) in [6, 6.07) is 15.7. The number of nitrogens with one attached hydrogen (secondary N) is 1. The molecular formula is C19H19NO. The molecule has 2 aromatic carbocycles. The largest absolute Gasteiger partial charge is 0.500 e. The molecule has 2 aliphatic rings. The highest BCUT2D eigenvalue weighted by Gasteiger charge is 2.36. The molecule has 2 heterocycles. The Bertz CT molecular complexity index is 715. The fourth-order valence-electron chi connectivity index (χ4n) is 3.34. The first-order valence-corrected chi connectivity index (χ1v) is 7.48. The smallest absolute Gasteiger partial charge is 0.0966 e. The normalized spacial score (nSPS) is 22.7. The number of benzene rings is 2. The van der Waals surface area contributed by atoms with Gasteiger partial charge in [0.1, 0.15) is 0 Å². The lowest BCUT2D eigenvalue weighted by Gasteiger charge is -2.33. The van der Waals surface area contributed by atoms with E-state index in [0.717, 1.165) is 6.61 Å². The fourth-order valence-corrected chi connectivity index (χ4v) is 3.34. The van der Waals surface area contributed by atoms with E-state index in [1.165, 1.54) is 33.5 Å². The van der Waals surface area contributed by atoms with Crippen molar-refractivity contribution < 1.29 is 4.74 Å². The lowest BCUT2D eigenvalue weighted by Crippen LogP contribution is -2.27. The van der Waals surface area contributed by atoms with Crippen molar-refractivity contribution in [3.8, 4) is 0 Å². The Kier molecular flexibility index (Phi) is 2.78. The number of rotatable bonds is 1. The van der Waals surface area contributed by atoms with Crippen molar-refractivity contribution in [2.45, 2.75) is 19.9 Å². The van der Waals surface area contributed by atoms with Crippen LogP contribution in [0.15, 0.2) is 48.7 Å². The van der Waals surface area contributed by atoms with Crippen molar-refractivity contribution in [1.29, 1.82) is 0 Å². The summed E-state index contributed by atoms with van der Waals surface area (Å²) < 4.78 is 5.66. The molecular weight excluding hydrogens is 258 g/mol. The van der Waals surface area contributed by atoms with Crippen LogP contribution in [-0.2, 0) is 4.74 Å². The van der Waals surface area contributed by atoms with Crippen molar-refractivity contribution in [3.63, 3.8) is 0 Å². The van der Waals surface area contributed by atoms with E-state index in [1.54, 1.807) is 0 Å². The molecule has 0 saturated carbocycles. The predicted octanol–water partition coefficient (Wildman–Crippen LogP) is 4.46. The molecule has 106 valence electrons. The zero-order valence-electron chi connectivity index (χ0n) is 12.4. The average Bonchev–Trinajstić information content (AvgIpc) is 2.97. The van der Waals surface area contributed by atoms with Gasteiger partial charge >= 0.3 is 0 Å². The third kappa shape index (κ3) is 2.02. The molecule has 0 aliphatic carbocycles. The molecule has 21 heavy (non-hydrogen) atoms. The SMILES string of the molecule is Cc1ccc(C2Nc3ccc(C)cc3C3=COCC32)cc1. The first-order valence-electron chi connectivity index (χ1n) is 7.48. The maximum atomic E-state index is 5.66. The Balaban J connectivity index is 1.80. The molecule has 0 spiro atoms. The zero-order chi connectivity index (χ0) is 14.4. The van der Waals surface area contributed by atoms with Crippen LogP contribution in [0.4, 0.5) is 5.69 Å². The van der Waals surface area contributed by atoms with Crippen LogP contribution in [0.5, 0.6) is 0 Å². The molecule has 0 aromatic heterocycles. The summed E-state index contributed by atoms with van der Waals surface area (Å²) in [6.07, 6.45) is 1.95. The number of hydrogen-bond acceptors (Lipinski definition) is 2. The van der Waals surface area contributed by atoms with Crippen molar-refractivity contribution >= 4 is 11.3 Å². The van der Waals surface area contributed by atoms with Crippen LogP contribution in [0, 0.1) is 19.8 Å². The van der Waals surface area contributed by atoms with Gasteiger partial charge in [-0.1, -0.05) is 41.5 Å². The highest BCUT2D eigenvalue weighted by molar-refractivity contribution is 5.82. The lowest BCUT2D eigenvalue weighted by molar-refractivity contribution is 0.240. The van der Waals surface area contributed by atoms with Gasteiger partial charge in [-0.15, -0.1) is 0 Å². The topological polar surface area (TPSA) is 21.3 Å². The quantitative estimate of drug-likeness (QED) is 0.831. The van der Waals surface area contributed by atoms with Crippen LogP contribution >= 0.6 is 0 Å². The maximum absolute atomic E-state index is 5.66. The van der Waals surface area contributed by atoms with Crippen LogP contribution in [0.1, 0.15) is 28.3 Å². The maximum Gasteiger partial charge on any atom is 0.0966 e. The lowest BCUT2D eigenvalue weighted by atomic mass is 9.81. The van der Waals surface area contributed by atoms with Crippen molar-refractivity contribution in [2.24, 2.45) is 5.92 Å². The Morgan fingerprint density at radius 3 is 2.57 bits per heavy atom. The number of aryl methyl sites for hydroxylation is 2. The van der Waals surface area contributed by atoms with Gasteiger partial charge in [-0.3, -0.25) is 0 Å². The molecule has 2 unspecified atom stereocenters. The fraction of sp³-hybridized carbons (Fsp3) is 0.263. The minimum Gasteiger partial charge on any atom is -0.500 e. The third-order valence-corrected chi connectivity index (χ3v) is 4.52. The van der Waals surface area contributed by atoms with E-state index in [4.69, 9.17) is 4.74 Å². The number of fused-ring (bicyclic) bond motifs is 3. The molecule has 4 rings (SSSR count). The summed E-state index contributed by atoms with van der Waals surface area (Å²) in [5.74, 6) is 0.391. The van der Waals surface area contributed by atoms with Gasteiger partial charge < -0.3 is 10.1 Å². The van der Waals surface area contributed by atoms with Crippen LogP contribution in [0.2, 0.25) is 0 Å². The summed E-state index contributed by atoms with van der Waals surface area (Å²) in [5.41, 5.74) is 7.74. The highest BCUT2D eigenvalue weighted by atomic mass is 16.5. The highest BCUT2D eigenvalue weighted by Crippen LogP contribution is 2.46. The number of anilines is 1. The molecule has 2 aliphatic heterocycles. The Labute approximate surface area is 125 Å². The molecule has 2 atom stereocenters. The summed E-state index contributed by atoms with van der Waals surface area (Å²) >= 11 is 0. The molecule has 0 bridgehead atoms. The van der Waals surface area contributed by atoms with Gasteiger partial charge in [-0.05, 0) is 31.5 Å². The van der Waals surface area contributed by atoms with E-state index >= 15 is 0 Å². The van der Waals surface area contributed by atoms with Gasteiger partial charge in [-0.25, -0.2) is 0 Å². The summed E-state index contributed by atoms with van der Waals surface area (Å²) in [4.78, 5) is 0. The van der Waals surface area contributed by atoms with Crippen LogP contribution in [0.3, 0.4) is 0 Å². The van der Waals surface area contributed by atoms with Gasteiger partial charge in [0.2, 0.25) is 0 Å². The molecule has 2 heteroatoms. The third-order valence-electron chi connectivity index (χ3n) is 4.52. The predicted molar refractivity (Wildman–Crippen MR) is 86.1 cm³/mol. The van der Waals surface area contributed by atoms with E-state index in [9.17, 15) is 0 Å². The standard InChI is InChI=1S/C19H19NO/c1-12-3-6-14(7-4-12)19-17-11-21-10-16(17)15-9-13(2)5-8-18(15)20-19/h3-10,17,19-20H,11H2,1-2H3. The second-order valence-corrected chi connectivity index (χ2v) is 6.09. The van der Waals surface area contributed by atoms with Gasteiger partial charge in [0.25, 0.3) is 0 Å². The van der Waals surface area contributed by atoms with Crippen LogP contribution < -0.4 is 5.32 Å². The first-order chi connectivity index (χ1) is 10.2. The van der Waals surface area contributed by atoms with E-state index in [0.29, 0.717) is 5.92 Å². The molecule has 2 nitrogen and oxygen atoms in total. The Hall–Kier alpha value is -2.22.